The maximum Gasteiger partial charge on any atom is 0.416 e. The van der Waals surface area contributed by atoms with Crippen LogP contribution in [-0.2, 0) is 11.0 Å². The number of nitrogens with one attached hydrogen (secondary N) is 1. The first-order valence-corrected chi connectivity index (χ1v) is 10.6. The van der Waals surface area contributed by atoms with Crippen molar-refractivity contribution in [2.45, 2.75) is 30.3 Å². The highest BCUT2D eigenvalue weighted by atomic mass is 35.5. The number of hydrogen-bond acceptors (Lipinski definition) is 4. The van der Waals surface area contributed by atoms with Gasteiger partial charge in [-0.3, -0.25) is 4.79 Å². The molecule has 1 atom stereocenters. The number of rotatable bonds is 5. The van der Waals surface area contributed by atoms with Gasteiger partial charge in [-0.25, -0.2) is 4.98 Å². The summed E-state index contributed by atoms with van der Waals surface area (Å²) in [6, 6.07) is 15.3. The molecular weight excluding hydrogens is 459 g/mol. The maximum atomic E-state index is 13.2. The summed E-state index contributed by atoms with van der Waals surface area (Å²) in [6.45, 7) is 3.55. The van der Waals surface area contributed by atoms with Gasteiger partial charge in [0.1, 0.15) is 16.3 Å². The Morgan fingerprint density at radius 2 is 1.84 bits per heavy atom. The van der Waals surface area contributed by atoms with Crippen molar-refractivity contribution in [1.82, 2.24) is 4.98 Å². The number of benzene rings is 2. The van der Waals surface area contributed by atoms with E-state index in [-0.39, 0.29) is 10.7 Å². The molecule has 0 fully saturated rings. The van der Waals surface area contributed by atoms with Gasteiger partial charge < -0.3 is 5.32 Å². The predicted molar refractivity (Wildman–Crippen MR) is 119 cm³/mol. The first-order valence-electron chi connectivity index (χ1n) is 9.37. The van der Waals surface area contributed by atoms with E-state index >= 15 is 0 Å². The lowest BCUT2D eigenvalue weighted by Gasteiger charge is -2.19. The molecule has 0 unspecified atom stereocenters. The fraction of sp³-hybridized carbons (Fsp3) is 0.174. The Morgan fingerprint density at radius 1 is 1.16 bits per heavy atom. The minimum atomic E-state index is -4.58. The Balaban J connectivity index is 2.00. The SMILES string of the molecule is Cc1cc(C)c(C#N)c(S[C@@H](C(=O)Nc2cc(C(F)(F)F)ccc2Cl)c2ccccc2)n1. The first kappa shape index (κ1) is 23.6. The van der Waals surface area contributed by atoms with Gasteiger partial charge in [0.2, 0.25) is 5.91 Å². The van der Waals surface area contributed by atoms with Crippen LogP contribution in [0.2, 0.25) is 5.02 Å². The van der Waals surface area contributed by atoms with Crippen LogP contribution in [0.25, 0.3) is 0 Å². The van der Waals surface area contributed by atoms with Gasteiger partial charge >= 0.3 is 6.18 Å². The van der Waals surface area contributed by atoms with Crippen LogP contribution in [0.1, 0.15) is 33.2 Å². The lowest BCUT2D eigenvalue weighted by molar-refractivity contribution is -0.137. The standard InChI is InChI=1S/C23H17ClF3N3OS/c1-13-10-14(2)29-22(17(13)12-28)32-20(15-6-4-3-5-7-15)21(31)30-19-11-16(23(25,26)27)8-9-18(19)24/h3-11,20H,1-2H3,(H,30,31)/t20-/m1/s1. The zero-order chi connectivity index (χ0) is 23.5. The van der Waals surface area contributed by atoms with Crippen LogP contribution in [0, 0.1) is 25.2 Å². The second-order valence-electron chi connectivity index (χ2n) is 6.96. The molecule has 1 N–H and O–H groups in total. The van der Waals surface area contributed by atoms with Gasteiger partial charge in [0.15, 0.2) is 0 Å². The zero-order valence-corrected chi connectivity index (χ0v) is 18.6. The number of amides is 1. The third kappa shape index (κ3) is 5.42. The van der Waals surface area contributed by atoms with Gasteiger partial charge in [-0.15, -0.1) is 0 Å². The lowest BCUT2D eigenvalue weighted by atomic mass is 10.1. The van der Waals surface area contributed by atoms with Crippen molar-refractivity contribution in [1.29, 1.82) is 5.26 Å². The smallest absolute Gasteiger partial charge is 0.323 e. The van der Waals surface area contributed by atoms with E-state index < -0.39 is 22.9 Å². The fourth-order valence-corrected chi connectivity index (χ4v) is 4.40. The third-order valence-corrected chi connectivity index (χ3v) is 6.11. The molecule has 3 aromatic rings. The molecule has 9 heteroatoms. The second-order valence-corrected chi connectivity index (χ2v) is 8.46. The van der Waals surface area contributed by atoms with Crippen molar-refractivity contribution < 1.29 is 18.0 Å². The normalized spacial score (nSPS) is 12.2. The van der Waals surface area contributed by atoms with E-state index in [0.717, 1.165) is 35.5 Å². The summed E-state index contributed by atoms with van der Waals surface area (Å²) in [6.07, 6.45) is -4.58. The van der Waals surface area contributed by atoms with Gasteiger partial charge in [0.25, 0.3) is 0 Å². The van der Waals surface area contributed by atoms with Crippen molar-refractivity contribution in [3.8, 4) is 6.07 Å². The van der Waals surface area contributed by atoms with E-state index in [1.807, 2.05) is 0 Å². The molecule has 0 saturated carbocycles. The number of nitriles is 1. The number of nitrogens with zero attached hydrogens (tertiary/aromatic N) is 2. The van der Waals surface area contributed by atoms with E-state index in [1.165, 1.54) is 0 Å². The predicted octanol–water partition coefficient (Wildman–Crippen LogP) is 6.71. The van der Waals surface area contributed by atoms with Crippen LogP contribution < -0.4 is 5.32 Å². The molecule has 1 heterocycles. The number of hydrogen-bond donors (Lipinski definition) is 1. The van der Waals surface area contributed by atoms with E-state index in [9.17, 15) is 23.2 Å². The molecule has 0 bridgehead atoms. The summed E-state index contributed by atoms with van der Waals surface area (Å²) in [5.74, 6) is -0.590. The fourth-order valence-electron chi connectivity index (χ4n) is 3.03. The van der Waals surface area contributed by atoms with Gasteiger partial charge in [-0.05, 0) is 49.2 Å². The third-order valence-electron chi connectivity index (χ3n) is 4.54. The molecular formula is C23H17ClF3N3OS. The Bertz CT molecular complexity index is 1190. The minimum Gasteiger partial charge on any atom is -0.323 e. The summed E-state index contributed by atoms with van der Waals surface area (Å²) in [5, 5.41) is 11.5. The molecule has 2 aromatic carbocycles. The summed E-state index contributed by atoms with van der Waals surface area (Å²) >= 11 is 7.10. The second kappa shape index (κ2) is 9.63. The van der Waals surface area contributed by atoms with Crippen LogP contribution >= 0.6 is 23.4 Å². The first-order chi connectivity index (χ1) is 15.1. The van der Waals surface area contributed by atoms with E-state index in [1.54, 1.807) is 50.2 Å². The molecule has 3 rings (SSSR count). The monoisotopic (exact) mass is 475 g/mol. The Kier molecular flexibility index (Phi) is 7.12. The van der Waals surface area contributed by atoms with Gasteiger partial charge in [-0.2, -0.15) is 18.4 Å². The molecule has 32 heavy (non-hydrogen) atoms. The number of pyridine rings is 1. The number of carbonyl (C=O) groups excluding carboxylic acids is 1. The van der Waals surface area contributed by atoms with Crippen molar-refractivity contribution >= 4 is 35.0 Å². The van der Waals surface area contributed by atoms with E-state index in [4.69, 9.17) is 11.6 Å². The van der Waals surface area contributed by atoms with Crippen molar-refractivity contribution in [3.63, 3.8) is 0 Å². The van der Waals surface area contributed by atoms with Gasteiger partial charge in [0.05, 0.1) is 21.8 Å². The Morgan fingerprint density at radius 3 is 2.47 bits per heavy atom. The van der Waals surface area contributed by atoms with Crippen LogP contribution in [0.15, 0.2) is 59.6 Å². The Labute approximate surface area is 192 Å². The Hall–Kier alpha value is -3.02. The molecule has 0 spiro atoms. The molecule has 1 amide bonds. The highest BCUT2D eigenvalue weighted by Gasteiger charge is 2.32. The number of carbonyl (C=O) groups is 1. The number of halogens is 4. The number of thioether (sulfide) groups is 1. The van der Waals surface area contributed by atoms with Gasteiger partial charge in [0, 0.05) is 5.69 Å². The van der Waals surface area contributed by atoms with Gasteiger partial charge in [-0.1, -0.05) is 53.7 Å². The van der Waals surface area contributed by atoms with Crippen molar-refractivity contribution in [2.24, 2.45) is 0 Å². The minimum absolute atomic E-state index is 0.0228. The van der Waals surface area contributed by atoms with E-state index in [2.05, 4.69) is 16.4 Å². The van der Waals surface area contributed by atoms with E-state index in [0.29, 0.717) is 21.8 Å². The summed E-state index contributed by atoms with van der Waals surface area (Å²) in [4.78, 5) is 17.6. The summed E-state index contributed by atoms with van der Waals surface area (Å²) in [7, 11) is 0. The van der Waals surface area contributed by atoms with Crippen LogP contribution in [-0.4, -0.2) is 10.9 Å². The molecule has 0 saturated heterocycles. The molecule has 0 aliphatic carbocycles. The molecule has 1 aromatic heterocycles. The average Bonchev–Trinajstić information content (AvgIpc) is 2.73. The highest BCUT2D eigenvalue weighted by molar-refractivity contribution is 8.00. The zero-order valence-electron chi connectivity index (χ0n) is 17.0. The molecule has 0 radical (unpaired) electrons. The molecule has 0 aliphatic rings. The number of aryl methyl sites for hydroxylation is 2. The lowest BCUT2D eigenvalue weighted by Crippen LogP contribution is -2.20. The van der Waals surface area contributed by atoms with Crippen molar-refractivity contribution in [3.05, 3.63) is 87.6 Å². The quantitative estimate of drug-likeness (QED) is 0.416. The largest absolute Gasteiger partial charge is 0.416 e. The van der Waals surface area contributed by atoms with Crippen LogP contribution in [0.4, 0.5) is 18.9 Å². The number of aromatic nitrogens is 1. The van der Waals surface area contributed by atoms with Crippen molar-refractivity contribution in [2.75, 3.05) is 5.32 Å². The molecule has 0 aliphatic heterocycles. The topological polar surface area (TPSA) is 65.8 Å². The number of alkyl halides is 3. The number of anilines is 1. The van der Waals surface area contributed by atoms with Crippen LogP contribution in [0.5, 0.6) is 0 Å². The molecule has 4 nitrogen and oxygen atoms in total. The summed E-state index contributed by atoms with van der Waals surface area (Å²) in [5.41, 5.74) is 1.26. The average molecular weight is 476 g/mol. The summed E-state index contributed by atoms with van der Waals surface area (Å²) < 4.78 is 39.3. The maximum absolute atomic E-state index is 13.2. The highest BCUT2D eigenvalue weighted by Crippen LogP contribution is 2.39. The van der Waals surface area contributed by atoms with Crippen LogP contribution in [0.3, 0.4) is 0 Å². The molecule has 164 valence electrons.